The average Bonchev–Trinajstić information content (AvgIpc) is 2.19. The Kier molecular flexibility index (Phi) is 4.12. The van der Waals surface area contributed by atoms with Gasteiger partial charge in [0.25, 0.3) is 0 Å². The molecule has 0 fully saturated rings. The molecule has 14 heavy (non-hydrogen) atoms. The lowest BCUT2D eigenvalue weighted by molar-refractivity contribution is 0.313. The Labute approximate surface area is 87.6 Å². The van der Waals surface area contributed by atoms with Crippen molar-refractivity contribution >= 4 is 0 Å². The van der Waals surface area contributed by atoms with E-state index in [2.05, 4.69) is 31.8 Å². The average molecular weight is 191 g/mol. The van der Waals surface area contributed by atoms with Gasteiger partial charge in [0.2, 0.25) is 0 Å². The summed E-state index contributed by atoms with van der Waals surface area (Å²) in [4.78, 5) is 4.12. The molecule has 0 saturated carbocycles. The van der Waals surface area contributed by atoms with Gasteiger partial charge >= 0.3 is 0 Å². The molecule has 0 aliphatic rings. The van der Waals surface area contributed by atoms with E-state index in [1.807, 2.05) is 18.5 Å². The smallest absolute Gasteiger partial charge is 0.0299 e. The van der Waals surface area contributed by atoms with Crippen LogP contribution in [0.25, 0.3) is 0 Å². The van der Waals surface area contributed by atoms with Gasteiger partial charge in [-0.25, -0.2) is 0 Å². The summed E-state index contributed by atoms with van der Waals surface area (Å²) in [5.74, 6) is 0. The summed E-state index contributed by atoms with van der Waals surface area (Å²) in [6, 6.07) is 4.17. The van der Waals surface area contributed by atoms with Crippen LogP contribution < -0.4 is 0 Å². The van der Waals surface area contributed by atoms with Gasteiger partial charge in [-0.05, 0) is 36.3 Å². The standard InChI is InChI=1S/C13H21N/c1-4-13(2,3)9-5-7-12-8-6-10-14-11-12/h6,8,10-11H,4-5,7,9H2,1-3H3. The quantitative estimate of drug-likeness (QED) is 0.689. The van der Waals surface area contributed by atoms with Crippen LogP contribution in [-0.2, 0) is 6.42 Å². The number of nitrogens with zero attached hydrogens (tertiary/aromatic N) is 1. The van der Waals surface area contributed by atoms with E-state index in [9.17, 15) is 0 Å². The summed E-state index contributed by atoms with van der Waals surface area (Å²) in [6.45, 7) is 6.95. The summed E-state index contributed by atoms with van der Waals surface area (Å²) in [5, 5.41) is 0. The number of pyridine rings is 1. The third-order valence-corrected chi connectivity index (χ3v) is 3.00. The fourth-order valence-corrected chi connectivity index (χ4v) is 1.49. The molecule has 0 bridgehead atoms. The summed E-state index contributed by atoms with van der Waals surface area (Å²) in [6.07, 6.45) is 8.81. The molecule has 0 atom stereocenters. The van der Waals surface area contributed by atoms with Crippen LogP contribution in [0.2, 0.25) is 0 Å². The molecule has 78 valence electrons. The first-order chi connectivity index (χ1) is 6.64. The highest BCUT2D eigenvalue weighted by Crippen LogP contribution is 2.26. The molecule has 1 aromatic heterocycles. The topological polar surface area (TPSA) is 12.9 Å². The molecule has 1 heterocycles. The zero-order chi connectivity index (χ0) is 10.4. The first kappa shape index (κ1) is 11.2. The SMILES string of the molecule is CCC(C)(C)CCCc1cccnc1. The molecule has 0 aliphatic carbocycles. The van der Waals surface area contributed by atoms with Gasteiger partial charge in [-0.3, -0.25) is 4.98 Å². The fraction of sp³-hybridized carbons (Fsp3) is 0.615. The van der Waals surface area contributed by atoms with Gasteiger partial charge in [-0.15, -0.1) is 0 Å². The molecule has 1 heteroatoms. The van der Waals surface area contributed by atoms with Gasteiger partial charge in [-0.1, -0.05) is 33.3 Å². The lowest BCUT2D eigenvalue weighted by Gasteiger charge is -2.22. The molecule has 0 aromatic carbocycles. The predicted molar refractivity (Wildman–Crippen MR) is 61.2 cm³/mol. The van der Waals surface area contributed by atoms with E-state index >= 15 is 0 Å². The Bertz CT molecular complexity index is 251. The van der Waals surface area contributed by atoms with Crippen LogP contribution in [0.15, 0.2) is 24.5 Å². The van der Waals surface area contributed by atoms with E-state index in [-0.39, 0.29) is 0 Å². The van der Waals surface area contributed by atoms with Crippen LogP contribution in [0.1, 0.15) is 45.6 Å². The Morgan fingerprint density at radius 2 is 2.14 bits per heavy atom. The number of hydrogen-bond acceptors (Lipinski definition) is 1. The van der Waals surface area contributed by atoms with E-state index in [0.29, 0.717) is 5.41 Å². The van der Waals surface area contributed by atoms with Gasteiger partial charge in [0, 0.05) is 12.4 Å². The summed E-state index contributed by atoms with van der Waals surface area (Å²) < 4.78 is 0. The monoisotopic (exact) mass is 191 g/mol. The van der Waals surface area contributed by atoms with Crippen molar-refractivity contribution in [3.63, 3.8) is 0 Å². The van der Waals surface area contributed by atoms with E-state index in [0.717, 1.165) is 6.42 Å². The highest BCUT2D eigenvalue weighted by Gasteiger charge is 2.13. The third-order valence-electron chi connectivity index (χ3n) is 3.00. The zero-order valence-electron chi connectivity index (χ0n) is 9.59. The third kappa shape index (κ3) is 3.91. The molecule has 1 nitrogen and oxygen atoms in total. The molecular formula is C13H21N. The van der Waals surface area contributed by atoms with Gasteiger partial charge in [0.15, 0.2) is 0 Å². The number of aryl methyl sites for hydroxylation is 1. The second-order valence-corrected chi connectivity index (χ2v) is 4.73. The second kappa shape index (κ2) is 5.14. The Hall–Kier alpha value is -0.850. The Morgan fingerprint density at radius 1 is 1.36 bits per heavy atom. The molecule has 0 saturated heterocycles. The van der Waals surface area contributed by atoms with Crippen molar-refractivity contribution < 1.29 is 0 Å². The van der Waals surface area contributed by atoms with Crippen molar-refractivity contribution in [2.75, 3.05) is 0 Å². The van der Waals surface area contributed by atoms with E-state index < -0.39 is 0 Å². The fourth-order valence-electron chi connectivity index (χ4n) is 1.49. The lowest BCUT2D eigenvalue weighted by atomic mass is 9.84. The summed E-state index contributed by atoms with van der Waals surface area (Å²) in [7, 11) is 0. The molecule has 0 aliphatic heterocycles. The maximum absolute atomic E-state index is 4.12. The van der Waals surface area contributed by atoms with Crippen molar-refractivity contribution in [3.05, 3.63) is 30.1 Å². The highest BCUT2D eigenvalue weighted by molar-refractivity contribution is 5.08. The normalized spacial score (nSPS) is 11.6. The van der Waals surface area contributed by atoms with E-state index in [1.165, 1.54) is 24.8 Å². The molecule has 1 rings (SSSR count). The lowest BCUT2D eigenvalue weighted by Crippen LogP contribution is -2.09. The Balaban J connectivity index is 2.29. The minimum absolute atomic E-state index is 0.502. The number of aromatic nitrogens is 1. The summed E-state index contributed by atoms with van der Waals surface area (Å²) >= 11 is 0. The minimum Gasteiger partial charge on any atom is -0.264 e. The first-order valence-electron chi connectivity index (χ1n) is 5.53. The first-order valence-corrected chi connectivity index (χ1v) is 5.53. The Morgan fingerprint density at radius 3 is 2.71 bits per heavy atom. The molecule has 0 amide bonds. The van der Waals surface area contributed by atoms with Crippen molar-refractivity contribution in [2.45, 2.75) is 46.5 Å². The highest BCUT2D eigenvalue weighted by atomic mass is 14.6. The van der Waals surface area contributed by atoms with Gasteiger partial charge in [-0.2, -0.15) is 0 Å². The van der Waals surface area contributed by atoms with Crippen LogP contribution in [0.3, 0.4) is 0 Å². The molecule has 0 radical (unpaired) electrons. The van der Waals surface area contributed by atoms with Crippen molar-refractivity contribution in [1.29, 1.82) is 0 Å². The summed E-state index contributed by atoms with van der Waals surface area (Å²) in [5.41, 5.74) is 1.86. The predicted octanol–water partition coefficient (Wildman–Crippen LogP) is 3.84. The van der Waals surface area contributed by atoms with Gasteiger partial charge in [0.1, 0.15) is 0 Å². The van der Waals surface area contributed by atoms with Crippen LogP contribution in [-0.4, -0.2) is 4.98 Å². The largest absolute Gasteiger partial charge is 0.264 e. The number of rotatable bonds is 5. The van der Waals surface area contributed by atoms with Gasteiger partial charge in [0.05, 0.1) is 0 Å². The second-order valence-electron chi connectivity index (χ2n) is 4.73. The van der Waals surface area contributed by atoms with E-state index in [1.54, 1.807) is 0 Å². The van der Waals surface area contributed by atoms with Gasteiger partial charge < -0.3 is 0 Å². The molecule has 1 aromatic rings. The van der Waals surface area contributed by atoms with Crippen molar-refractivity contribution in [1.82, 2.24) is 4.98 Å². The van der Waals surface area contributed by atoms with Crippen LogP contribution >= 0.6 is 0 Å². The number of hydrogen-bond donors (Lipinski definition) is 0. The molecule has 0 unspecified atom stereocenters. The van der Waals surface area contributed by atoms with E-state index in [4.69, 9.17) is 0 Å². The van der Waals surface area contributed by atoms with Crippen molar-refractivity contribution in [3.8, 4) is 0 Å². The molecular weight excluding hydrogens is 170 g/mol. The molecule has 0 N–H and O–H groups in total. The maximum atomic E-state index is 4.12. The van der Waals surface area contributed by atoms with Crippen LogP contribution in [0.5, 0.6) is 0 Å². The van der Waals surface area contributed by atoms with Crippen LogP contribution in [0, 0.1) is 5.41 Å². The minimum atomic E-state index is 0.502. The maximum Gasteiger partial charge on any atom is 0.0299 e. The zero-order valence-corrected chi connectivity index (χ0v) is 9.59. The van der Waals surface area contributed by atoms with Crippen LogP contribution in [0.4, 0.5) is 0 Å². The van der Waals surface area contributed by atoms with Crippen molar-refractivity contribution in [2.24, 2.45) is 5.41 Å². The molecule has 0 spiro atoms.